The van der Waals surface area contributed by atoms with Crippen LogP contribution in [0, 0.1) is 0 Å². The molecule has 1 atom stereocenters. The number of ether oxygens (including phenoxy) is 2. The first kappa shape index (κ1) is 15.5. The molecule has 0 fully saturated rings. The van der Waals surface area contributed by atoms with Gasteiger partial charge in [0.15, 0.2) is 0 Å². The number of rotatable bonds is 6. The van der Waals surface area contributed by atoms with Crippen LogP contribution in [-0.2, 0) is 0 Å². The number of carbonyl (C=O) groups excluding carboxylic acids is 1. The quantitative estimate of drug-likeness (QED) is 0.779. The van der Waals surface area contributed by atoms with Gasteiger partial charge in [-0.1, -0.05) is 6.92 Å². The van der Waals surface area contributed by atoms with Gasteiger partial charge in [-0.25, -0.2) is 0 Å². The van der Waals surface area contributed by atoms with E-state index in [0.29, 0.717) is 34.5 Å². The van der Waals surface area contributed by atoms with Gasteiger partial charge in [-0.05, 0) is 12.3 Å². The number of thioether (sulfide) groups is 1. The van der Waals surface area contributed by atoms with Crippen LogP contribution in [0.2, 0.25) is 0 Å². The first-order chi connectivity index (χ1) is 9.03. The molecule has 5 nitrogen and oxygen atoms in total. The lowest BCUT2D eigenvalue weighted by molar-refractivity contribution is 0.0954. The zero-order valence-corrected chi connectivity index (χ0v) is 12.5. The largest absolute Gasteiger partial charge is 0.497 e. The fourth-order valence-corrected chi connectivity index (χ4v) is 1.74. The number of hydrogen-bond acceptors (Lipinski definition) is 5. The van der Waals surface area contributed by atoms with Gasteiger partial charge in [-0.2, -0.15) is 11.8 Å². The number of hydrogen-bond donors (Lipinski definition) is 2. The third kappa shape index (κ3) is 3.96. The molecule has 6 heteroatoms. The Morgan fingerprint density at radius 2 is 2.11 bits per heavy atom. The Hall–Kier alpha value is -1.56. The topological polar surface area (TPSA) is 73.6 Å². The first-order valence-corrected chi connectivity index (χ1v) is 7.14. The summed E-state index contributed by atoms with van der Waals surface area (Å²) in [5.41, 5.74) is 6.59. The number of nitrogens with two attached hydrogens (primary N) is 1. The number of nitrogens with one attached hydrogen (secondary N) is 1. The van der Waals surface area contributed by atoms with E-state index in [1.165, 1.54) is 14.2 Å². The molecule has 0 heterocycles. The fraction of sp³-hybridized carbons (Fsp3) is 0.462. The zero-order valence-electron chi connectivity index (χ0n) is 11.6. The zero-order chi connectivity index (χ0) is 14.4. The summed E-state index contributed by atoms with van der Waals surface area (Å²) in [6.45, 7) is 2.62. The van der Waals surface area contributed by atoms with Crippen LogP contribution in [0.15, 0.2) is 12.1 Å². The van der Waals surface area contributed by atoms with Crippen molar-refractivity contribution in [3.63, 3.8) is 0 Å². The summed E-state index contributed by atoms with van der Waals surface area (Å²) in [5.74, 6) is 0.743. The second-order valence-electron chi connectivity index (χ2n) is 4.05. The van der Waals surface area contributed by atoms with Gasteiger partial charge < -0.3 is 20.5 Å². The van der Waals surface area contributed by atoms with Gasteiger partial charge in [0, 0.05) is 17.9 Å². The van der Waals surface area contributed by atoms with E-state index in [2.05, 4.69) is 5.32 Å². The number of methoxy groups -OCH3 is 2. The third-order valence-electron chi connectivity index (χ3n) is 2.77. The molecule has 106 valence electrons. The highest BCUT2D eigenvalue weighted by Gasteiger charge is 2.16. The lowest BCUT2D eigenvalue weighted by Crippen LogP contribution is -2.30. The molecular formula is C13H20N2O3S. The molecule has 0 aliphatic heterocycles. The minimum atomic E-state index is -0.226. The predicted octanol–water partition coefficient (Wildman–Crippen LogP) is 1.77. The number of carbonyl (C=O) groups is 1. The highest BCUT2D eigenvalue weighted by Crippen LogP contribution is 2.30. The highest BCUT2D eigenvalue weighted by atomic mass is 32.2. The van der Waals surface area contributed by atoms with Crippen LogP contribution >= 0.6 is 11.8 Å². The molecule has 0 saturated carbocycles. The maximum Gasteiger partial charge on any atom is 0.253 e. The van der Waals surface area contributed by atoms with E-state index < -0.39 is 0 Å². The van der Waals surface area contributed by atoms with Gasteiger partial charge in [0.25, 0.3) is 5.91 Å². The monoisotopic (exact) mass is 284 g/mol. The summed E-state index contributed by atoms with van der Waals surface area (Å²) in [5, 5.41) is 3.19. The molecule has 3 N–H and O–H groups in total. The average molecular weight is 284 g/mol. The summed E-state index contributed by atoms with van der Waals surface area (Å²) in [4.78, 5) is 12.1. The van der Waals surface area contributed by atoms with Crippen LogP contribution in [0.25, 0.3) is 0 Å². The molecule has 0 aliphatic rings. The maximum absolute atomic E-state index is 12.1. The molecule has 1 aromatic carbocycles. The molecule has 19 heavy (non-hydrogen) atoms. The minimum absolute atomic E-state index is 0.226. The SMILES string of the molecule is COc1cc(OC)c(N)c(C(=O)NCC(C)SC)c1. The normalized spacial score (nSPS) is 11.8. The van der Waals surface area contributed by atoms with Crippen LogP contribution in [0.5, 0.6) is 11.5 Å². The smallest absolute Gasteiger partial charge is 0.253 e. The Labute approximate surface area is 117 Å². The van der Waals surface area contributed by atoms with E-state index in [-0.39, 0.29) is 5.91 Å². The summed E-state index contributed by atoms with van der Waals surface area (Å²) < 4.78 is 10.3. The van der Waals surface area contributed by atoms with E-state index in [0.717, 1.165) is 0 Å². The Morgan fingerprint density at radius 3 is 2.63 bits per heavy atom. The molecule has 0 aromatic heterocycles. The third-order valence-corrected chi connectivity index (χ3v) is 3.74. The van der Waals surface area contributed by atoms with Crippen LogP contribution in [0.3, 0.4) is 0 Å². The Kier molecular flexibility index (Phi) is 5.82. The van der Waals surface area contributed by atoms with Gasteiger partial charge in [-0.15, -0.1) is 0 Å². The van der Waals surface area contributed by atoms with Gasteiger partial charge >= 0.3 is 0 Å². The molecule has 0 aliphatic carbocycles. The molecule has 0 spiro atoms. The highest BCUT2D eigenvalue weighted by molar-refractivity contribution is 7.99. The second-order valence-corrected chi connectivity index (χ2v) is 5.32. The van der Waals surface area contributed by atoms with Gasteiger partial charge in [0.2, 0.25) is 0 Å². The molecule has 1 unspecified atom stereocenters. The second kappa shape index (κ2) is 7.13. The summed E-state index contributed by atoms with van der Waals surface area (Å²) >= 11 is 1.69. The maximum atomic E-state index is 12.1. The predicted molar refractivity (Wildman–Crippen MR) is 79.3 cm³/mol. The summed E-state index contributed by atoms with van der Waals surface area (Å²) in [6.07, 6.45) is 2.00. The van der Waals surface area contributed by atoms with E-state index >= 15 is 0 Å². The average Bonchev–Trinajstić information content (AvgIpc) is 2.44. The van der Waals surface area contributed by atoms with Crippen molar-refractivity contribution in [1.29, 1.82) is 0 Å². The standard InChI is InChI=1S/C13H20N2O3S/c1-8(19-4)7-15-13(16)10-5-9(17-2)6-11(18-3)12(10)14/h5-6,8H,7,14H2,1-4H3,(H,15,16). The number of amides is 1. The number of anilines is 1. The van der Waals surface area contributed by atoms with Crippen molar-refractivity contribution in [2.45, 2.75) is 12.2 Å². The summed E-state index contributed by atoms with van der Waals surface area (Å²) in [6, 6.07) is 3.26. The van der Waals surface area contributed by atoms with Crippen LogP contribution < -0.4 is 20.5 Å². The molecular weight excluding hydrogens is 264 g/mol. The van der Waals surface area contributed by atoms with Gasteiger partial charge in [0.05, 0.1) is 25.5 Å². The van der Waals surface area contributed by atoms with E-state index in [4.69, 9.17) is 15.2 Å². The minimum Gasteiger partial charge on any atom is -0.497 e. The Morgan fingerprint density at radius 1 is 1.42 bits per heavy atom. The molecule has 0 radical (unpaired) electrons. The fourth-order valence-electron chi connectivity index (χ4n) is 1.49. The molecule has 0 bridgehead atoms. The van der Waals surface area contributed by atoms with E-state index in [9.17, 15) is 4.79 Å². The Balaban J connectivity index is 2.95. The van der Waals surface area contributed by atoms with Crippen LogP contribution in [-0.4, -0.2) is 38.2 Å². The van der Waals surface area contributed by atoms with Gasteiger partial charge in [0.1, 0.15) is 11.5 Å². The van der Waals surface area contributed by atoms with Crippen LogP contribution in [0.4, 0.5) is 5.69 Å². The van der Waals surface area contributed by atoms with Crippen molar-refractivity contribution < 1.29 is 14.3 Å². The lowest BCUT2D eigenvalue weighted by atomic mass is 10.1. The molecule has 1 rings (SSSR count). The van der Waals surface area contributed by atoms with Gasteiger partial charge in [-0.3, -0.25) is 4.79 Å². The van der Waals surface area contributed by atoms with Crippen molar-refractivity contribution >= 4 is 23.4 Å². The Bertz CT molecular complexity index is 452. The van der Waals surface area contributed by atoms with Crippen molar-refractivity contribution in [2.75, 3.05) is 32.8 Å². The molecule has 1 amide bonds. The van der Waals surface area contributed by atoms with Crippen LogP contribution in [0.1, 0.15) is 17.3 Å². The van der Waals surface area contributed by atoms with E-state index in [1.807, 2.05) is 13.2 Å². The first-order valence-electron chi connectivity index (χ1n) is 5.86. The lowest BCUT2D eigenvalue weighted by Gasteiger charge is -2.14. The number of benzene rings is 1. The summed E-state index contributed by atoms with van der Waals surface area (Å²) in [7, 11) is 3.03. The molecule has 0 saturated heterocycles. The number of nitrogen functional groups attached to an aromatic ring is 1. The molecule has 1 aromatic rings. The van der Waals surface area contributed by atoms with E-state index in [1.54, 1.807) is 23.9 Å². The van der Waals surface area contributed by atoms with Crippen molar-refractivity contribution in [1.82, 2.24) is 5.32 Å². The van der Waals surface area contributed by atoms with Crippen molar-refractivity contribution in [2.24, 2.45) is 0 Å². The van der Waals surface area contributed by atoms with Crippen molar-refractivity contribution in [3.05, 3.63) is 17.7 Å². The van der Waals surface area contributed by atoms with Crippen molar-refractivity contribution in [3.8, 4) is 11.5 Å².